The third-order valence-electron chi connectivity index (χ3n) is 7.18. The smallest absolute Gasteiger partial charge is 0.343 e. The molecule has 2 aromatic carbocycles. The molecule has 7 heteroatoms. The zero-order valence-corrected chi connectivity index (χ0v) is 23.2. The van der Waals surface area contributed by atoms with Gasteiger partial charge in [-0.2, -0.15) is 0 Å². The van der Waals surface area contributed by atoms with Crippen molar-refractivity contribution in [1.82, 2.24) is 0 Å². The molecule has 7 nitrogen and oxygen atoms in total. The number of rotatable bonds is 7. The van der Waals surface area contributed by atoms with Crippen LogP contribution in [0, 0.1) is 10.8 Å². The molecule has 0 heterocycles. The van der Waals surface area contributed by atoms with Crippen LogP contribution in [0.1, 0.15) is 82.1 Å². The Bertz CT molecular complexity index is 1310. The molecule has 0 unspecified atom stereocenters. The fourth-order valence-corrected chi connectivity index (χ4v) is 5.53. The number of esters is 1. The van der Waals surface area contributed by atoms with E-state index in [4.69, 9.17) is 9.47 Å². The van der Waals surface area contributed by atoms with E-state index in [0.717, 1.165) is 0 Å². The zero-order chi connectivity index (χ0) is 28.5. The number of aliphatic hydroxyl groups is 2. The number of hydrogen-bond donors (Lipinski definition) is 2. The largest absolute Gasteiger partial charge is 0.512 e. The topological polar surface area (TPSA) is 110 Å². The van der Waals surface area contributed by atoms with Gasteiger partial charge in [0.05, 0.1) is 12.2 Å². The average molecular weight is 533 g/mol. The molecule has 2 N–H and O–H groups in total. The number of carbonyl (C=O) groups is 3. The molecule has 0 amide bonds. The quantitative estimate of drug-likeness (QED) is 0.298. The third-order valence-corrected chi connectivity index (χ3v) is 7.18. The second-order valence-corrected chi connectivity index (χ2v) is 11.9. The van der Waals surface area contributed by atoms with Crippen molar-refractivity contribution in [3.05, 3.63) is 82.3 Å². The van der Waals surface area contributed by atoms with E-state index in [1.165, 1.54) is 0 Å². The maximum atomic E-state index is 13.5. The van der Waals surface area contributed by atoms with Gasteiger partial charge in [-0.3, -0.25) is 9.59 Å². The van der Waals surface area contributed by atoms with Crippen LogP contribution < -0.4 is 9.47 Å². The van der Waals surface area contributed by atoms with E-state index in [1.807, 2.05) is 27.7 Å². The molecule has 2 aliphatic carbocycles. The first kappa shape index (κ1) is 28.1. The lowest BCUT2D eigenvalue weighted by atomic mass is 9.67. The van der Waals surface area contributed by atoms with Gasteiger partial charge in [-0.05, 0) is 47.6 Å². The molecular formula is C32H36O7. The van der Waals surface area contributed by atoms with E-state index in [0.29, 0.717) is 11.1 Å². The number of Topliss-reactive ketones (excluding diaryl/α,β-unsaturated/α-hetero) is 2. The highest BCUT2D eigenvalue weighted by Gasteiger charge is 2.43. The summed E-state index contributed by atoms with van der Waals surface area (Å²) in [5, 5.41) is 22.3. The molecule has 0 saturated carbocycles. The number of benzene rings is 2. The summed E-state index contributed by atoms with van der Waals surface area (Å²) in [6, 6.07) is 13.4. The molecular weight excluding hydrogens is 496 g/mol. The summed E-state index contributed by atoms with van der Waals surface area (Å²) in [5.74, 6) is -1.85. The second-order valence-electron chi connectivity index (χ2n) is 11.9. The summed E-state index contributed by atoms with van der Waals surface area (Å²) < 4.78 is 11.4. The molecule has 4 rings (SSSR count). The molecule has 0 bridgehead atoms. The molecule has 0 aromatic heterocycles. The molecule has 0 atom stereocenters. The minimum atomic E-state index is -0.990. The number of ketones is 2. The zero-order valence-electron chi connectivity index (χ0n) is 23.2. The first-order chi connectivity index (χ1) is 18.3. The highest BCUT2D eigenvalue weighted by Crippen LogP contribution is 2.48. The van der Waals surface area contributed by atoms with Crippen molar-refractivity contribution in [3.8, 4) is 11.5 Å². The first-order valence-electron chi connectivity index (χ1n) is 13.3. The molecule has 2 aliphatic rings. The van der Waals surface area contributed by atoms with Crippen LogP contribution in [0.2, 0.25) is 0 Å². The van der Waals surface area contributed by atoms with Crippen LogP contribution in [0.4, 0.5) is 0 Å². The SMILES string of the molecule is CCOc1cc(C(C2=C(O)CC(C)(C)CC2=O)C2=C(O)CC(C)(C)CC2=O)ccc1OC(=O)c1ccccc1. The normalized spacial score (nSPS) is 18.9. The average Bonchev–Trinajstić information content (AvgIpc) is 2.82. The van der Waals surface area contributed by atoms with Gasteiger partial charge in [0, 0.05) is 42.7 Å². The number of carbonyl (C=O) groups excluding carboxylic acids is 3. The van der Waals surface area contributed by atoms with Crippen molar-refractivity contribution in [3.63, 3.8) is 0 Å². The Labute approximate surface area is 229 Å². The van der Waals surface area contributed by atoms with Crippen LogP contribution in [-0.2, 0) is 9.59 Å². The first-order valence-corrected chi connectivity index (χ1v) is 13.3. The second kappa shape index (κ2) is 10.7. The number of allylic oxidation sites excluding steroid dienone is 4. The van der Waals surface area contributed by atoms with Crippen LogP contribution in [0.5, 0.6) is 11.5 Å². The summed E-state index contributed by atoms with van der Waals surface area (Å²) in [7, 11) is 0. The van der Waals surface area contributed by atoms with Crippen molar-refractivity contribution in [2.45, 2.75) is 66.2 Å². The lowest BCUT2D eigenvalue weighted by Gasteiger charge is -2.36. The third kappa shape index (κ3) is 6.08. The van der Waals surface area contributed by atoms with E-state index < -0.39 is 22.7 Å². The van der Waals surface area contributed by atoms with Gasteiger partial charge in [0.15, 0.2) is 23.1 Å². The maximum absolute atomic E-state index is 13.5. The molecule has 206 valence electrons. The summed E-state index contributed by atoms with van der Waals surface area (Å²) in [4.78, 5) is 39.7. The van der Waals surface area contributed by atoms with Crippen LogP contribution in [-0.4, -0.2) is 34.4 Å². The minimum absolute atomic E-state index is 0.0864. The lowest BCUT2D eigenvalue weighted by Crippen LogP contribution is -2.33. The molecule has 0 radical (unpaired) electrons. The monoisotopic (exact) mass is 532 g/mol. The Morgan fingerprint density at radius 2 is 1.36 bits per heavy atom. The van der Waals surface area contributed by atoms with Gasteiger partial charge in [0.1, 0.15) is 11.5 Å². The van der Waals surface area contributed by atoms with Crippen molar-refractivity contribution in [2.75, 3.05) is 6.61 Å². The van der Waals surface area contributed by atoms with Gasteiger partial charge in [-0.15, -0.1) is 0 Å². The van der Waals surface area contributed by atoms with E-state index in [9.17, 15) is 24.6 Å². The predicted octanol–water partition coefficient (Wildman–Crippen LogP) is 6.79. The number of hydrogen-bond acceptors (Lipinski definition) is 7. The summed E-state index contributed by atoms with van der Waals surface area (Å²) in [6.45, 7) is 9.67. The lowest BCUT2D eigenvalue weighted by molar-refractivity contribution is -0.119. The van der Waals surface area contributed by atoms with Gasteiger partial charge in [-0.1, -0.05) is 52.0 Å². The Kier molecular flexibility index (Phi) is 7.73. The molecule has 39 heavy (non-hydrogen) atoms. The molecule has 0 fully saturated rings. The number of ether oxygens (including phenoxy) is 2. The van der Waals surface area contributed by atoms with Crippen molar-refractivity contribution in [2.24, 2.45) is 10.8 Å². The minimum Gasteiger partial charge on any atom is -0.512 e. The van der Waals surface area contributed by atoms with E-state index in [1.54, 1.807) is 55.5 Å². The van der Waals surface area contributed by atoms with Gasteiger partial charge in [-0.25, -0.2) is 4.79 Å². The van der Waals surface area contributed by atoms with Crippen molar-refractivity contribution in [1.29, 1.82) is 0 Å². The summed E-state index contributed by atoms with van der Waals surface area (Å²) >= 11 is 0. The van der Waals surface area contributed by atoms with Crippen LogP contribution in [0.3, 0.4) is 0 Å². The van der Waals surface area contributed by atoms with Gasteiger partial charge < -0.3 is 19.7 Å². The predicted molar refractivity (Wildman–Crippen MR) is 147 cm³/mol. The van der Waals surface area contributed by atoms with Crippen LogP contribution in [0.15, 0.2) is 71.2 Å². The molecule has 2 aromatic rings. The number of aliphatic hydroxyl groups excluding tert-OH is 2. The van der Waals surface area contributed by atoms with E-state index in [-0.39, 0.29) is 78.0 Å². The Morgan fingerprint density at radius 1 is 0.821 bits per heavy atom. The van der Waals surface area contributed by atoms with E-state index in [2.05, 4.69) is 0 Å². The van der Waals surface area contributed by atoms with Gasteiger partial charge >= 0.3 is 5.97 Å². The summed E-state index contributed by atoms with van der Waals surface area (Å²) in [6.07, 6.45) is 0.927. The molecule has 0 spiro atoms. The van der Waals surface area contributed by atoms with Gasteiger partial charge in [0.25, 0.3) is 0 Å². The molecule has 0 saturated heterocycles. The van der Waals surface area contributed by atoms with Crippen molar-refractivity contribution >= 4 is 17.5 Å². The Morgan fingerprint density at radius 3 is 1.85 bits per heavy atom. The van der Waals surface area contributed by atoms with Crippen molar-refractivity contribution < 1.29 is 34.1 Å². The Hall–Kier alpha value is -3.87. The van der Waals surface area contributed by atoms with Gasteiger partial charge in [0.2, 0.25) is 0 Å². The highest BCUT2D eigenvalue weighted by molar-refractivity contribution is 6.05. The standard InChI is InChI=1S/C32H36O7/c1-6-38-26-14-20(12-13-25(26)39-30(37)19-10-8-7-9-11-19)27(28-21(33)15-31(2,3)16-22(28)34)29-23(35)17-32(4,5)18-24(29)36/h7-14,27,33,35H,6,15-18H2,1-5H3. The highest BCUT2D eigenvalue weighted by atomic mass is 16.6. The molecule has 0 aliphatic heterocycles. The van der Waals surface area contributed by atoms with Crippen LogP contribution >= 0.6 is 0 Å². The maximum Gasteiger partial charge on any atom is 0.343 e. The van der Waals surface area contributed by atoms with Crippen LogP contribution in [0.25, 0.3) is 0 Å². The Balaban J connectivity index is 1.85. The fourth-order valence-electron chi connectivity index (χ4n) is 5.53. The van der Waals surface area contributed by atoms with E-state index >= 15 is 0 Å². The summed E-state index contributed by atoms with van der Waals surface area (Å²) in [5.41, 5.74) is 0.202. The fraction of sp³-hybridized carbons (Fsp3) is 0.406.